The Morgan fingerprint density at radius 1 is 1.56 bits per heavy atom. The Hall–Kier alpha value is -0.330. The smallest absolute Gasteiger partial charge is 0.237 e. The fraction of sp³-hybridized carbons (Fsp3) is 0.889. The molecule has 1 amide bonds. The summed E-state index contributed by atoms with van der Waals surface area (Å²) in [6, 6.07) is 0. The van der Waals surface area contributed by atoms with E-state index in [1.54, 1.807) is 4.90 Å². The molecular weight excluding hydrogens is 252 g/mol. The van der Waals surface area contributed by atoms with Gasteiger partial charge in [0.25, 0.3) is 0 Å². The molecular formula is C9H17ClN2O3S. The molecule has 0 aromatic rings. The lowest BCUT2D eigenvalue weighted by Gasteiger charge is -2.32. The minimum absolute atomic E-state index is 0.00771. The van der Waals surface area contributed by atoms with Crippen molar-refractivity contribution < 1.29 is 13.2 Å². The topological polar surface area (TPSA) is 66.5 Å². The highest BCUT2D eigenvalue weighted by Crippen LogP contribution is 2.16. The molecule has 1 saturated heterocycles. The number of piperidine rings is 1. The fourth-order valence-corrected chi connectivity index (χ4v) is 2.52. The van der Waals surface area contributed by atoms with E-state index >= 15 is 0 Å². The Bertz CT molecular complexity index is 345. The molecule has 1 rings (SSSR count). The first-order valence-corrected chi connectivity index (χ1v) is 7.63. The second kappa shape index (κ2) is 5.84. The number of amides is 1. The molecule has 1 heterocycles. The molecule has 1 aliphatic rings. The van der Waals surface area contributed by atoms with Crippen molar-refractivity contribution in [1.82, 2.24) is 9.62 Å². The van der Waals surface area contributed by atoms with E-state index in [0.717, 1.165) is 25.6 Å². The molecule has 1 aliphatic heterocycles. The van der Waals surface area contributed by atoms with Crippen LogP contribution in [0.2, 0.25) is 0 Å². The van der Waals surface area contributed by atoms with E-state index in [0.29, 0.717) is 13.1 Å². The molecule has 5 nitrogen and oxygen atoms in total. The highest BCUT2D eigenvalue weighted by Gasteiger charge is 2.23. The third kappa shape index (κ3) is 4.67. The summed E-state index contributed by atoms with van der Waals surface area (Å²) >= 11 is 5.48. The molecule has 0 bridgehead atoms. The normalized spacial score (nSPS) is 22.1. The number of halogens is 1. The van der Waals surface area contributed by atoms with Crippen LogP contribution in [0.5, 0.6) is 0 Å². The van der Waals surface area contributed by atoms with Crippen LogP contribution in [0.25, 0.3) is 0 Å². The number of hydrogen-bond donors (Lipinski definition) is 1. The van der Waals surface area contributed by atoms with Crippen LogP contribution < -0.4 is 4.72 Å². The number of nitrogens with one attached hydrogen (secondary N) is 1. The minimum atomic E-state index is -3.15. The van der Waals surface area contributed by atoms with Gasteiger partial charge in [0.1, 0.15) is 5.88 Å². The number of nitrogens with zero attached hydrogens (tertiary/aromatic N) is 1. The lowest BCUT2D eigenvalue weighted by molar-refractivity contribution is -0.130. The van der Waals surface area contributed by atoms with Gasteiger partial charge in [-0.3, -0.25) is 4.79 Å². The molecule has 16 heavy (non-hydrogen) atoms. The van der Waals surface area contributed by atoms with Gasteiger partial charge in [0, 0.05) is 19.6 Å². The van der Waals surface area contributed by atoms with Gasteiger partial charge in [-0.1, -0.05) is 0 Å². The number of carbonyl (C=O) groups is 1. The zero-order valence-corrected chi connectivity index (χ0v) is 10.9. The summed E-state index contributed by atoms with van der Waals surface area (Å²) in [6.07, 6.45) is 2.98. The highest BCUT2D eigenvalue weighted by molar-refractivity contribution is 7.88. The first kappa shape index (κ1) is 13.7. The summed E-state index contributed by atoms with van der Waals surface area (Å²) in [4.78, 5) is 13.1. The van der Waals surface area contributed by atoms with E-state index in [1.165, 1.54) is 0 Å². The third-order valence-electron chi connectivity index (χ3n) is 2.62. The molecule has 1 fully saturated rings. The van der Waals surface area contributed by atoms with E-state index in [-0.39, 0.29) is 17.7 Å². The van der Waals surface area contributed by atoms with Crippen LogP contribution >= 0.6 is 11.6 Å². The molecule has 1 N–H and O–H groups in total. The molecule has 94 valence electrons. The van der Waals surface area contributed by atoms with Gasteiger partial charge >= 0.3 is 0 Å². The quantitative estimate of drug-likeness (QED) is 0.731. The van der Waals surface area contributed by atoms with Gasteiger partial charge in [-0.15, -0.1) is 11.6 Å². The number of rotatable bonds is 4. The molecule has 1 atom stereocenters. The van der Waals surface area contributed by atoms with Crippen LogP contribution in [-0.2, 0) is 14.8 Å². The summed E-state index contributed by atoms with van der Waals surface area (Å²) in [5.41, 5.74) is 0. The van der Waals surface area contributed by atoms with Crippen molar-refractivity contribution in [1.29, 1.82) is 0 Å². The number of carbonyl (C=O) groups excluding carboxylic acids is 1. The maximum Gasteiger partial charge on any atom is 0.237 e. The SMILES string of the molecule is CS(=O)(=O)NCC1CCCN(C(=O)CCl)C1. The van der Waals surface area contributed by atoms with Gasteiger partial charge in [0.05, 0.1) is 6.26 Å². The van der Waals surface area contributed by atoms with Crippen molar-refractivity contribution in [3.05, 3.63) is 0 Å². The van der Waals surface area contributed by atoms with Crippen LogP contribution in [0.1, 0.15) is 12.8 Å². The maximum absolute atomic E-state index is 11.4. The van der Waals surface area contributed by atoms with E-state index in [9.17, 15) is 13.2 Å². The summed E-state index contributed by atoms with van der Waals surface area (Å²) in [5.74, 6) is 0.105. The summed E-state index contributed by atoms with van der Waals surface area (Å²) in [6.45, 7) is 1.71. The Morgan fingerprint density at radius 2 is 2.25 bits per heavy atom. The number of alkyl halides is 1. The summed E-state index contributed by atoms with van der Waals surface area (Å²) in [5, 5.41) is 0. The lowest BCUT2D eigenvalue weighted by Crippen LogP contribution is -2.44. The lowest BCUT2D eigenvalue weighted by atomic mass is 9.98. The van der Waals surface area contributed by atoms with Gasteiger partial charge in [-0.25, -0.2) is 13.1 Å². The predicted molar refractivity (Wildman–Crippen MR) is 62.9 cm³/mol. The van der Waals surface area contributed by atoms with Gasteiger partial charge in [0.15, 0.2) is 0 Å². The van der Waals surface area contributed by atoms with Gasteiger partial charge in [-0.2, -0.15) is 0 Å². The zero-order valence-electron chi connectivity index (χ0n) is 9.28. The number of hydrogen-bond acceptors (Lipinski definition) is 3. The molecule has 0 saturated carbocycles. The molecule has 1 unspecified atom stereocenters. The second-order valence-corrected chi connectivity index (χ2v) is 6.20. The number of sulfonamides is 1. The van der Waals surface area contributed by atoms with Gasteiger partial charge in [0.2, 0.25) is 15.9 Å². The average Bonchev–Trinajstić information content (AvgIpc) is 2.25. The fourth-order valence-electron chi connectivity index (χ4n) is 1.81. The van der Waals surface area contributed by atoms with E-state index in [1.807, 2.05) is 0 Å². The molecule has 7 heteroatoms. The van der Waals surface area contributed by atoms with Crippen LogP contribution in [-0.4, -0.2) is 51.0 Å². The Morgan fingerprint density at radius 3 is 2.81 bits per heavy atom. The molecule has 0 radical (unpaired) electrons. The van der Waals surface area contributed by atoms with Crippen molar-refractivity contribution in [2.45, 2.75) is 12.8 Å². The standard InChI is InChI=1S/C9H17ClN2O3S/c1-16(14,15)11-6-8-3-2-4-12(7-8)9(13)5-10/h8,11H,2-7H2,1H3. The average molecular weight is 269 g/mol. The third-order valence-corrected chi connectivity index (χ3v) is 3.54. The Labute approximate surface area is 101 Å². The molecule has 0 spiro atoms. The summed E-state index contributed by atoms with van der Waals surface area (Å²) < 4.78 is 24.3. The molecule has 0 aliphatic carbocycles. The van der Waals surface area contributed by atoms with Crippen LogP contribution in [0.15, 0.2) is 0 Å². The van der Waals surface area contributed by atoms with Gasteiger partial charge in [-0.05, 0) is 18.8 Å². The van der Waals surface area contributed by atoms with E-state index in [2.05, 4.69) is 4.72 Å². The van der Waals surface area contributed by atoms with E-state index in [4.69, 9.17) is 11.6 Å². The zero-order chi connectivity index (χ0) is 12.2. The van der Waals surface area contributed by atoms with Crippen LogP contribution in [0, 0.1) is 5.92 Å². The Kier molecular flexibility index (Phi) is 5.01. The van der Waals surface area contributed by atoms with Crippen molar-refractivity contribution in [2.24, 2.45) is 5.92 Å². The summed E-state index contributed by atoms with van der Waals surface area (Å²) in [7, 11) is -3.15. The minimum Gasteiger partial charge on any atom is -0.341 e. The predicted octanol–water partition coefficient (Wildman–Crippen LogP) is 0.0130. The van der Waals surface area contributed by atoms with Crippen molar-refractivity contribution >= 4 is 27.5 Å². The molecule has 0 aromatic carbocycles. The first-order chi connectivity index (χ1) is 7.42. The Balaban J connectivity index is 2.42. The van der Waals surface area contributed by atoms with Crippen molar-refractivity contribution in [3.63, 3.8) is 0 Å². The second-order valence-electron chi connectivity index (χ2n) is 4.10. The number of likely N-dealkylation sites (tertiary alicyclic amines) is 1. The largest absolute Gasteiger partial charge is 0.341 e. The van der Waals surface area contributed by atoms with E-state index < -0.39 is 10.0 Å². The van der Waals surface area contributed by atoms with Crippen molar-refractivity contribution in [2.75, 3.05) is 31.8 Å². The highest BCUT2D eigenvalue weighted by atomic mass is 35.5. The van der Waals surface area contributed by atoms with Gasteiger partial charge < -0.3 is 4.90 Å². The first-order valence-electron chi connectivity index (χ1n) is 5.21. The molecule has 0 aromatic heterocycles. The monoisotopic (exact) mass is 268 g/mol. The maximum atomic E-state index is 11.4. The van der Waals surface area contributed by atoms with Crippen molar-refractivity contribution in [3.8, 4) is 0 Å². The van der Waals surface area contributed by atoms with Crippen LogP contribution in [0.3, 0.4) is 0 Å². The van der Waals surface area contributed by atoms with Crippen LogP contribution in [0.4, 0.5) is 0 Å².